The van der Waals surface area contributed by atoms with E-state index in [-0.39, 0.29) is 30.3 Å². The summed E-state index contributed by atoms with van der Waals surface area (Å²) in [5.74, 6) is 0.597. The number of nitrogens with zero attached hydrogens (tertiary/aromatic N) is 3. The predicted octanol–water partition coefficient (Wildman–Crippen LogP) is 3.92. The van der Waals surface area contributed by atoms with Crippen molar-refractivity contribution in [2.75, 3.05) is 13.1 Å². The first-order valence-electron chi connectivity index (χ1n) is 8.76. The maximum atomic E-state index is 12.6. The van der Waals surface area contributed by atoms with E-state index < -0.39 is 20.6 Å². The van der Waals surface area contributed by atoms with Crippen LogP contribution in [0, 0.1) is 10.1 Å². The third-order valence-electron chi connectivity index (χ3n) is 4.13. The quantitative estimate of drug-likeness (QED) is 0.368. The van der Waals surface area contributed by atoms with Gasteiger partial charge in [0.15, 0.2) is 16.5 Å². The number of thiazole rings is 1. The van der Waals surface area contributed by atoms with Crippen molar-refractivity contribution in [3.8, 4) is 16.5 Å². The minimum Gasteiger partial charge on any atom is -0.480 e. The summed E-state index contributed by atoms with van der Waals surface area (Å²) in [6.45, 7) is 3.95. The van der Waals surface area contributed by atoms with Crippen molar-refractivity contribution in [1.29, 1.82) is 0 Å². The van der Waals surface area contributed by atoms with Crippen LogP contribution in [-0.4, -0.2) is 35.7 Å². The molecule has 9 nitrogen and oxygen atoms in total. The molecule has 0 atom stereocenters. The van der Waals surface area contributed by atoms with E-state index in [0.29, 0.717) is 16.5 Å². The van der Waals surface area contributed by atoms with E-state index in [2.05, 4.69) is 4.98 Å². The standard InChI is InChI=1S/C18H19N3O6S2/c1-3-20(4-2)29(24,25)14-7-8-16(15(10-14)21(22)23)27-11-13-12-28-18(19-13)17-6-5-9-26-17/h5-10,12H,3-4,11H2,1-2H3. The van der Waals surface area contributed by atoms with Gasteiger partial charge in [-0.1, -0.05) is 13.8 Å². The number of nitro groups is 1. The zero-order valence-corrected chi connectivity index (χ0v) is 17.4. The van der Waals surface area contributed by atoms with Gasteiger partial charge in [-0.2, -0.15) is 4.31 Å². The van der Waals surface area contributed by atoms with Gasteiger partial charge in [-0.15, -0.1) is 11.3 Å². The number of hydrogen-bond donors (Lipinski definition) is 0. The predicted molar refractivity (Wildman–Crippen MR) is 107 cm³/mol. The van der Waals surface area contributed by atoms with Gasteiger partial charge in [0.05, 0.1) is 21.8 Å². The minimum atomic E-state index is -3.81. The topological polar surface area (TPSA) is 116 Å². The zero-order valence-electron chi connectivity index (χ0n) is 15.8. The lowest BCUT2D eigenvalue weighted by Gasteiger charge is -2.18. The molecule has 0 saturated carbocycles. The summed E-state index contributed by atoms with van der Waals surface area (Å²) < 4.78 is 37.3. The lowest BCUT2D eigenvalue weighted by Crippen LogP contribution is -2.30. The van der Waals surface area contributed by atoms with Crippen LogP contribution in [0.5, 0.6) is 5.75 Å². The molecule has 0 aliphatic carbocycles. The van der Waals surface area contributed by atoms with E-state index in [4.69, 9.17) is 9.15 Å². The Morgan fingerprint density at radius 1 is 1.28 bits per heavy atom. The van der Waals surface area contributed by atoms with Crippen molar-refractivity contribution in [3.63, 3.8) is 0 Å². The second-order valence-corrected chi connectivity index (χ2v) is 8.68. The van der Waals surface area contributed by atoms with E-state index in [1.807, 2.05) is 0 Å². The smallest absolute Gasteiger partial charge is 0.312 e. The molecule has 2 heterocycles. The fourth-order valence-electron chi connectivity index (χ4n) is 2.67. The average molecular weight is 437 g/mol. The molecule has 0 fully saturated rings. The highest BCUT2D eigenvalue weighted by molar-refractivity contribution is 7.89. The van der Waals surface area contributed by atoms with E-state index >= 15 is 0 Å². The van der Waals surface area contributed by atoms with Crippen LogP contribution in [0.2, 0.25) is 0 Å². The third kappa shape index (κ3) is 4.47. The number of benzene rings is 1. The Bertz CT molecular complexity index is 1090. The van der Waals surface area contributed by atoms with Gasteiger partial charge in [-0.05, 0) is 24.3 Å². The fraction of sp³-hybridized carbons (Fsp3) is 0.278. The van der Waals surface area contributed by atoms with E-state index in [1.54, 1.807) is 37.6 Å². The molecule has 154 valence electrons. The number of furan rings is 1. The van der Waals surface area contributed by atoms with Gasteiger partial charge in [0.2, 0.25) is 10.0 Å². The van der Waals surface area contributed by atoms with Gasteiger partial charge in [0.25, 0.3) is 0 Å². The molecular formula is C18H19N3O6S2. The summed E-state index contributed by atoms with van der Waals surface area (Å²) >= 11 is 1.36. The van der Waals surface area contributed by atoms with Crippen molar-refractivity contribution >= 4 is 27.0 Å². The molecule has 0 saturated heterocycles. The van der Waals surface area contributed by atoms with Gasteiger partial charge in [-0.3, -0.25) is 10.1 Å². The lowest BCUT2D eigenvalue weighted by atomic mass is 10.3. The minimum absolute atomic E-state index is 0.000189. The van der Waals surface area contributed by atoms with Gasteiger partial charge >= 0.3 is 5.69 Å². The number of nitro benzene ring substituents is 1. The molecule has 0 aliphatic rings. The van der Waals surface area contributed by atoms with Gasteiger partial charge in [0, 0.05) is 24.5 Å². The summed E-state index contributed by atoms with van der Waals surface area (Å²) in [5, 5.41) is 13.9. The number of hydrogen-bond acceptors (Lipinski definition) is 8. The van der Waals surface area contributed by atoms with E-state index in [9.17, 15) is 18.5 Å². The molecule has 0 aliphatic heterocycles. The lowest BCUT2D eigenvalue weighted by molar-refractivity contribution is -0.386. The molecule has 2 aromatic heterocycles. The van der Waals surface area contributed by atoms with Crippen LogP contribution in [0.1, 0.15) is 19.5 Å². The van der Waals surface area contributed by atoms with Gasteiger partial charge in [-0.25, -0.2) is 13.4 Å². The third-order valence-corrected chi connectivity index (χ3v) is 7.08. The summed E-state index contributed by atoms with van der Waals surface area (Å²) in [7, 11) is -3.81. The highest BCUT2D eigenvalue weighted by Crippen LogP contribution is 2.32. The fourth-order valence-corrected chi connectivity index (χ4v) is 4.92. The normalized spacial score (nSPS) is 11.7. The second kappa shape index (κ2) is 8.72. The van der Waals surface area contributed by atoms with Crippen molar-refractivity contribution in [2.24, 2.45) is 0 Å². The second-order valence-electron chi connectivity index (χ2n) is 5.89. The van der Waals surface area contributed by atoms with Crippen molar-refractivity contribution < 1.29 is 22.5 Å². The van der Waals surface area contributed by atoms with E-state index in [1.165, 1.54) is 27.8 Å². The van der Waals surface area contributed by atoms with Crippen LogP contribution in [-0.2, 0) is 16.6 Å². The SMILES string of the molecule is CCN(CC)S(=O)(=O)c1ccc(OCc2csc(-c3ccco3)n2)c([N+](=O)[O-])c1. The van der Waals surface area contributed by atoms with Crippen molar-refractivity contribution in [2.45, 2.75) is 25.3 Å². The Morgan fingerprint density at radius 2 is 2.03 bits per heavy atom. The van der Waals surface area contributed by atoms with E-state index in [0.717, 1.165) is 6.07 Å². The molecule has 11 heteroatoms. The first-order valence-corrected chi connectivity index (χ1v) is 11.1. The highest BCUT2D eigenvalue weighted by atomic mass is 32.2. The Labute approximate surface area is 171 Å². The maximum absolute atomic E-state index is 12.6. The average Bonchev–Trinajstić information content (AvgIpc) is 3.38. The summed E-state index contributed by atoms with van der Waals surface area (Å²) in [4.78, 5) is 15.0. The molecule has 0 unspecified atom stereocenters. The highest BCUT2D eigenvalue weighted by Gasteiger charge is 2.26. The maximum Gasteiger partial charge on any atom is 0.312 e. The molecule has 0 N–H and O–H groups in total. The molecule has 0 amide bonds. The Balaban J connectivity index is 1.82. The monoisotopic (exact) mass is 437 g/mol. The molecule has 0 spiro atoms. The zero-order chi connectivity index (χ0) is 21.0. The Morgan fingerprint density at radius 3 is 2.66 bits per heavy atom. The van der Waals surface area contributed by atoms with Gasteiger partial charge in [0.1, 0.15) is 6.61 Å². The van der Waals surface area contributed by atoms with Crippen LogP contribution >= 0.6 is 11.3 Å². The van der Waals surface area contributed by atoms with Gasteiger partial charge < -0.3 is 9.15 Å². The van der Waals surface area contributed by atoms with Crippen LogP contribution in [0.4, 0.5) is 5.69 Å². The summed E-state index contributed by atoms with van der Waals surface area (Å²) in [6.07, 6.45) is 1.55. The molecular weight excluding hydrogens is 418 g/mol. The van der Waals surface area contributed by atoms with Crippen LogP contribution in [0.15, 0.2) is 51.3 Å². The number of sulfonamides is 1. The molecule has 3 aromatic rings. The number of rotatable bonds is 9. The molecule has 0 bridgehead atoms. The molecule has 0 radical (unpaired) electrons. The summed E-state index contributed by atoms with van der Waals surface area (Å²) in [6, 6.07) is 7.17. The first kappa shape index (κ1) is 21.0. The first-order chi connectivity index (χ1) is 13.9. The van der Waals surface area contributed by atoms with Crippen molar-refractivity contribution in [3.05, 3.63) is 57.8 Å². The van der Waals surface area contributed by atoms with Crippen LogP contribution in [0.3, 0.4) is 0 Å². The molecule has 1 aromatic carbocycles. The van der Waals surface area contributed by atoms with Crippen LogP contribution in [0.25, 0.3) is 10.8 Å². The number of aromatic nitrogens is 1. The Hall–Kier alpha value is -2.76. The molecule has 3 rings (SSSR count). The largest absolute Gasteiger partial charge is 0.480 e. The summed E-state index contributed by atoms with van der Waals surface area (Å²) in [5.41, 5.74) is 0.162. The Kier molecular flexibility index (Phi) is 6.30. The van der Waals surface area contributed by atoms with Crippen LogP contribution < -0.4 is 4.74 Å². The van der Waals surface area contributed by atoms with Crippen molar-refractivity contribution in [1.82, 2.24) is 9.29 Å². The molecule has 29 heavy (non-hydrogen) atoms. The number of ether oxygens (including phenoxy) is 1.